The Morgan fingerprint density at radius 1 is 1.21 bits per heavy atom. The maximum absolute atomic E-state index is 13.0. The van der Waals surface area contributed by atoms with Gasteiger partial charge in [-0.3, -0.25) is 4.79 Å². The highest BCUT2D eigenvalue weighted by atomic mass is 32.2. The van der Waals surface area contributed by atoms with E-state index in [1.807, 2.05) is 13.0 Å². The van der Waals surface area contributed by atoms with Crippen molar-refractivity contribution in [3.63, 3.8) is 0 Å². The van der Waals surface area contributed by atoms with Crippen molar-refractivity contribution in [3.05, 3.63) is 32.8 Å². The number of amides is 1. The van der Waals surface area contributed by atoms with E-state index in [1.54, 1.807) is 18.7 Å². The molecule has 0 saturated carbocycles. The Bertz CT molecular complexity index is 942. The molecule has 9 heteroatoms. The molecule has 7 nitrogen and oxygen atoms in total. The normalized spacial score (nSPS) is 16.4. The van der Waals surface area contributed by atoms with Crippen molar-refractivity contribution in [1.82, 2.24) is 14.4 Å². The number of aryl methyl sites for hydroxylation is 4. The van der Waals surface area contributed by atoms with Gasteiger partial charge in [-0.1, -0.05) is 18.5 Å². The molecule has 3 heterocycles. The molecule has 1 aliphatic heterocycles. The smallest absolute Gasteiger partial charge is 0.263 e. The van der Waals surface area contributed by atoms with Crippen LogP contribution >= 0.6 is 11.3 Å². The van der Waals surface area contributed by atoms with Gasteiger partial charge in [-0.15, -0.1) is 11.3 Å². The number of rotatable bonds is 5. The zero-order valence-corrected chi connectivity index (χ0v) is 18.5. The highest BCUT2D eigenvalue weighted by Gasteiger charge is 2.33. The molecule has 0 radical (unpaired) electrons. The number of carbonyl (C=O) groups excluding carboxylic acids is 1. The minimum atomic E-state index is -3.69. The Balaban J connectivity index is 1.74. The minimum Gasteiger partial charge on any atom is -0.360 e. The Morgan fingerprint density at radius 3 is 2.61 bits per heavy atom. The van der Waals surface area contributed by atoms with Gasteiger partial charge in [0, 0.05) is 31.1 Å². The summed E-state index contributed by atoms with van der Waals surface area (Å²) in [7, 11) is -3.69. The molecular weight excluding hydrogens is 398 g/mol. The van der Waals surface area contributed by atoms with Crippen molar-refractivity contribution in [2.45, 2.75) is 51.9 Å². The number of hydrogen-bond donors (Lipinski definition) is 0. The van der Waals surface area contributed by atoms with Crippen molar-refractivity contribution in [3.8, 4) is 0 Å². The third-order valence-corrected chi connectivity index (χ3v) is 8.28. The van der Waals surface area contributed by atoms with Gasteiger partial charge < -0.3 is 9.42 Å². The molecule has 2 aromatic heterocycles. The first-order chi connectivity index (χ1) is 13.3. The van der Waals surface area contributed by atoms with Crippen molar-refractivity contribution >= 4 is 27.3 Å². The molecule has 154 valence electrons. The van der Waals surface area contributed by atoms with Gasteiger partial charge in [-0.25, -0.2) is 8.42 Å². The summed E-state index contributed by atoms with van der Waals surface area (Å²) in [5.74, 6) is 0.291. The van der Waals surface area contributed by atoms with Gasteiger partial charge >= 0.3 is 0 Å². The van der Waals surface area contributed by atoms with Crippen LogP contribution in [0.5, 0.6) is 0 Å². The van der Waals surface area contributed by atoms with Crippen LogP contribution in [-0.2, 0) is 16.4 Å². The van der Waals surface area contributed by atoms with Crippen molar-refractivity contribution < 1.29 is 17.7 Å². The fraction of sp³-hybridized carbons (Fsp3) is 0.579. The van der Waals surface area contributed by atoms with Crippen LogP contribution in [0.15, 0.2) is 15.5 Å². The lowest BCUT2D eigenvalue weighted by atomic mass is 10.1. The van der Waals surface area contributed by atoms with Gasteiger partial charge in [0.05, 0.1) is 4.88 Å². The third kappa shape index (κ3) is 4.01. The highest BCUT2D eigenvalue weighted by Crippen LogP contribution is 2.26. The standard InChI is InChI=1S/C19H27N3O4S2/c1-5-7-16-12-17(27-15(16)4)19(23)21-8-6-9-22(11-10-21)28(24,25)18-13(2)20-26-14(18)3/h12H,5-11H2,1-4H3. The van der Waals surface area contributed by atoms with E-state index in [9.17, 15) is 13.2 Å². The molecule has 1 fully saturated rings. The third-order valence-electron chi connectivity index (χ3n) is 5.06. The first-order valence-electron chi connectivity index (χ1n) is 9.57. The second kappa shape index (κ2) is 8.34. The second-order valence-corrected chi connectivity index (χ2v) is 10.3. The maximum atomic E-state index is 13.0. The molecule has 0 N–H and O–H groups in total. The van der Waals surface area contributed by atoms with Crippen molar-refractivity contribution in [2.75, 3.05) is 26.2 Å². The molecule has 0 atom stereocenters. The summed E-state index contributed by atoms with van der Waals surface area (Å²) >= 11 is 1.53. The van der Waals surface area contributed by atoms with Crippen LogP contribution in [0.25, 0.3) is 0 Å². The molecule has 2 aromatic rings. The summed E-state index contributed by atoms with van der Waals surface area (Å²) in [6, 6.07) is 2.00. The maximum Gasteiger partial charge on any atom is 0.263 e. The molecule has 1 aliphatic rings. The van der Waals surface area contributed by atoms with E-state index < -0.39 is 10.0 Å². The first kappa shape index (κ1) is 21.0. The Morgan fingerprint density at radius 2 is 1.96 bits per heavy atom. The topological polar surface area (TPSA) is 83.7 Å². The molecule has 0 aliphatic carbocycles. The van der Waals surface area contributed by atoms with E-state index in [2.05, 4.69) is 12.1 Å². The summed E-state index contributed by atoms with van der Waals surface area (Å²) in [5.41, 5.74) is 1.60. The van der Waals surface area contributed by atoms with Gasteiger partial charge in [0.25, 0.3) is 5.91 Å². The van der Waals surface area contributed by atoms with Crippen molar-refractivity contribution in [1.29, 1.82) is 0 Å². The summed E-state index contributed by atoms with van der Waals surface area (Å²) in [5, 5.41) is 3.77. The Labute approximate surface area is 170 Å². The molecule has 3 rings (SSSR count). The van der Waals surface area contributed by atoms with E-state index in [1.165, 1.54) is 26.1 Å². The molecule has 0 spiro atoms. The lowest BCUT2D eigenvalue weighted by Gasteiger charge is -2.21. The molecule has 28 heavy (non-hydrogen) atoms. The van der Waals surface area contributed by atoms with Gasteiger partial charge in [-0.2, -0.15) is 4.31 Å². The zero-order valence-electron chi connectivity index (χ0n) is 16.8. The van der Waals surface area contributed by atoms with E-state index in [-0.39, 0.29) is 17.3 Å². The zero-order chi connectivity index (χ0) is 20.5. The van der Waals surface area contributed by atoms with E-state index >= 15 is 0 Å². The monoisotopic (exact) mass is 425 g/mol. The number of hydrogen-bond acceptors (Lipinski definition) is 6. The molecule has 1 amide bonds. The minimum absolute atomic E-state index is 0.00737. The fourth-order valence-corrected chi connectivity index (χ4v) is 6.41. The van der Waals surface area contributed by atoms with Crippen LogP contribution in [0.1, 0.15) is 51.3 Å². The number of sulfonamides is 1. The number of carbonyl (C=O) groups is 1. The van der Waals surface area contributed by atoms with Gasteiger partial charge in [0.2, 0.25) is 10.0 Å². The largest absolute Gasteiger partial charge is 0.360 e. The van der Waals surface area contributed by atoms with Crippen molar-refractivity contribution in [2.24, 2.45) is 0 Å². The molecule has 1 saturated heterocycles. The first-order valence-corrected chi connectivity index (χ1v) is 11.8. The SMILES string of the molecule is CCCc1cc(C(=O)N2CCCN(S(=O)(=O)c3c(C)noc3C)CC2)sc1C. The van der Waals surface area contributed by atoms with Crippen LogP contribution in [-0.4, -0.2) is 54.9 Å². The Hall–Kier alpha value is -1.71. The van der Waals surface area contributed by atoms with Crippen LogP contribution in [0.3, 0.4) is 0 Å². The van der Waals surface area contributed by atoms with E-state index in [0.29, 0.717) is 37.5 Å². The predicted molar refractivity (Wildman–Crippen MR) is 108 cm³/mol. The summed E-state index contributed by atoms with van der Waals surface area (Å²) in [6.07, 6.45) is 2.61. The average molecular weight is 426 g/mol. The highest BCUT2D eigenvalue weighted by molar-refractivity contribution is 7.89. The Kier molecular flexibility index (Phi) is 6.26. The number of aromatic nitrogens is 1. The molecule has 0 aromatic carbocycles. The fourth-order valence-electron chi connectivity index (χ4n) is 3.61. The van der Waals surface area contributed by atoms with Gasteiger partial charge in [0.15, 0.2) is 5.76 Å². The van der Waals surface area contributed by atoms with Crippen LogP contribution < -0.4 is 0 Å². The lowest BCUT2D eigenvalue weighted by Crippen LogP contribution is -2.37. The molecule has 0 bridgehead atoms. The molecule has 0 unspecified atom stereocenters. The lowest BCUT2D eigenvalue weighted by molar-refractivity contribution is 0.0769. The summed E-state index contributed by atoms with van der Waals surface area (Å²) < 4.78 is 32.5. The summed E-state index contributed by atoms with van der Waals surface area (Å²) in [6.45, 7) is 8.98. The van der Waals surface area contributed by atoms with Crippen LogP contribution in [0.4, 0.5) is 0 Å². The quantitative estimate of drug-likeness (QED) is 0.735. The van der Waals surface area contributed by atoms with Crippen LogP contribution in [0.2, 0.25) is 0 Å². The van der Waals surface area contributed by atoms with Gasteiger partial charge in [0.1, 0.15) is 10.6 Å². The summed E-state index contributed by atoms with van der Waals surface area (Å²) in [4.78, 5) is 16.8. The predicted octanol–water partition coefficient (Wildman–Crippen LogP) is 3.15. The second-order valence-electron chi connectivity index (χ2n) is 7.15. The number of nitrogens with zero attached hydrogens (tertiary/aromatic N) is 3. The van der Waals surface area contributed by atoms with Crippen LogP contribution in [0, 0.1) is 20.8 Å². The number of thiophene rings is 1. The van der Waals surface area contributed by atoms with E-state index in [4.69, 9.17) is 4.52 Å². The average Bonchev–Trinajstić information content (AvgIpc) is 3.06. The van der Waals surface area contributed by atoms with E-state index in [0.717, 1.165) is 17.7 Å². The molecular formula is C19H27N3O4S2. The van der Waals surface area contributed by atoms with Gasteiger partial charge in [-0.05, 0) is 45.2 Å².